The van der Waals surface area contributed by atoms with E-state index in [0.29, 0.717) is 18.4 Å². The average Bonchev–Trinajstić information content (AvgIpc) is 3.27. The third-order valence-electron chi connectivity index (χ3n) is 6.99. The zero-order valence-electron chi connectivity index (χ0n) is 20.7. The lowest BCUT2D eigenvalue weighted by Crippen LogP contribution is -2.27. The van der Waals surface area contributed by atoms with Crippen molar-refractivity contribution >= 4 is 22.6 Å². The highest BCUT2D eigenvalue weighted by molar-refractivity contribution is 5.98. The SMILES string of the molecule is CC(=O)CCCCc1cc2cc(C(=O)NC3CCc4ccc(F)cc43)ccc2nc1-c1ccc(F)cc1. The Balaban J connectivity index is 1.43. The second-order valence-electron chi connectivity index (χ2n) is 9.73. The van der Waals surface area contributed by atoms with Crippen LogP contribution < -0.4 is 5.32 Å². The molecule has 0 spiro atoms. The van der Waals surface area contributed by atoms with Crippen molar-refractivity contribution in [3.63, 3.8) is 0 Å². The maximum absolute atomic E-state index is 13.8. The number of amides is 1. The van der Waals surface area contributed by atoms with E-state index in [-0.39, 0.29) is 29.4 Å². The van der Waals surface area contributed by atoms with Crippen molar-refractivity contribution in [3.05, 3.63) is 101 Å². The van der Waals surface area contributed by atoms with Crippen LogP contribution in [0.3, 0.4) is 0 Å². The highest BCUT2D eigenvalue weighted by atomic mass is 19.1. The molecule has 0 saturated carbocycles. The number of benzene rings is 3. The molecule has 5 rings (SSSR count). The number of nitrogens with zero attached hydrogens (tertiary/aromatic N) is 1. The van der Waals surface area contributed by atoms with E-state index in [0.717, 1.165) is 64.5 Å². The number of nitrogens with one attached hydrogen (secondary N) is 1. The van der Waals surface area contributed by atoms with Crippen LogP contribution in [0.4, 0.5) is 8.78 Å². The molecule has 1 aliphatic rings. The quantitative estimate of drug-likeness (QED) is 0.269. The summed E-state index contributed by atoms with van der Waals surface area (Å²) in [5.41, 5.74) is 5.73. The van der Waals surface area contributed by atoms with Crippen LogP contribution in [0.2, 0.25) is 0 Å². The van der Waals surface area contributed by atoms with Gasteiger partial charge in [-0.1, -0.05) is 6.07 Å². The van der Waals surface area contributed by atoms with Gasteiger partial charge in [0.25, 0.3) is 5.91 Å². The molecule has 188 valence electrons. The first-order valence-corrected chi connectivity index (χ1v) is 12.7. The average molecular weight is 499 g/mol. The van der Waals surface area contributed by atoms with Crippen molar-refractivity contribution in [2.24, 2.45) is 0 Å². The van der Waals surface area contributed by atoms with E-state index in [4.69, 9.17) is 4.98 Å². The second-order valence-corrected chi connectivity index (χ2v) is 9.73. The molecule has 0 fully saturated rings. The van der Waals surface area contributed by atoms with E-state index in [1.165, 1.54) is 24.3 Å². The summed E-state index contributed by atoms with van der Waals surface area (Å²) < 4.78 is 27.3. The summed E-state index contributed by atoms with van der Waals surface area (Å²) in [6.07, 6.45) is 4.39. The first kappa shape index (κ1) is 24.8. The van der Waals surface area contributed by atoms with E-state index in [2.05, 4.69) is 5.32 Å². The predicted molar refractivity (Wildman–Crippen MR) is 140 cm³/mol. The molecule has 1 atom stereocenters. The minimum absolute atomic E-state index is 0.165. The summed E-state index contributed by atoms with van der Waals surface area (Å²) in [5, 5.41) is 3.89. The number of carbonyl (C=O) groups is 2. The fourth-order valence-electron chi connectivity index (χ4n) is 5.06. The van der Waals surface area contributed by atoms with Crippen LogP contribution >= 0.6 is 0 Å². The number of rotatable bonds is 8. The molecule has 1 aliphatic carbocycles. The van der Waals surface area contributed by atoms with Crippen molar-refractivity contribution in [2.75, 3.05) is 0 Å². The Morgan fingerprint density at radius 2 is 1.73 bits per heavy atom. The molecule has 37 heavy (non-hydrogen) atoms. The normalized spacial score (nSPS) is 14.5. The topological polar surface area (TPSA) is 59.1 Å². The highest BCUT2D eigenvalue weighted by Crippen LogP contribution is 2.32. The maximum Gasteiger partial charge on any atom is 0.251 e. The van der Waals surface area contributed by atoms with Crippen LogP contribution in [-0.4, -0.2) is 16.7 Å². The van der Waals surface area contributed by atoms with Crippen LogP contribution in [0.25, 0.3) is 22.2 Å². The Morgan fingerprint density at radius 3 is 2.51 bits per heavy atom. The number of carbonyl (C=O) groups excluding carboxylic acids is 2. The van der Waals surface area contributed by atoms with E-state index < -0.39 is 0 Å². The molecule has 0 radical (unpaired) electrons. The van der Waals surface area contributed by atoms with Gasteiger partial charge in [-0.15, -0.1) is 0 Å². The Bertz CT molecular complexity index is 1480. The van der Waals surface area contributed by atoms with Gasteiger partial charge in [0.15, 0.2) is 0 Å². The molecule has 4 nitrogen and oxygen atoms in total. The van der Waals surface area contributed by atoms with Crippen molar-refractivity contribution in [1.29, 1.82) is 0 Å². The number of aryl methyl sites for hydroxylation is 2. The first-order chi connectivity index (χ1) is 17.9. The third-order valence-corrected chi connectivity index (χ3v) is 6.99. The number of fused-ring (bicyclic) bond motifs is 2. The van der Waals surface area contributed by atoms with Gasteiger partial charge in [0.05, 0.1) is 17.3 Å². The van der Waals surface area contributed by atoms with Gasteiger partial charge >= 0.3 is 0 Å². The lowest BCUT2D eigenvalue weighted by molar-refractivity contribution is -0.117. The van der Waals surface area contributed by atoms with Gasteiger partial charge in [0, 0.05) is 22.9 Å². The molecule has 0 saturated heterocycles. The minimum Gasteiger partial charge on any atom is -0.345 e. The van der Waals surface area contributed by atoms with Crippen LogP contribution in [-0.2, 0) is 17.6 Å². The largest absolute Gasteiger partial charge is 0.345 e. The predicted octanol–water partition coefficient (Wildman–Crippen LogP) is 6.90. The number of ketones is 1. The molecule has 1 amide bonds. The van der Waals surface area contributed by atoms with Crippen LogP contribution in [0.15, 0.2) is 66.7 Å². The van der Waals surface area contributed by atoms with E-state index in [1.54, 1.807) is 31.2 Å². The van der Waals surface area contributed by atoms with E-state index in [9.17, 15) is 18.4 Å². The van der Waals surface area contributed by atoms with E-state index in [1.807, 2.05) is 18.2 Å². The molecule has 4 aromatic rings. The molecule has 1 aromatic heterocycles. The number of halogens is 2. The highest BCUT2D eigenvalue weighted by Gasteiger charge is 2.25. The number of aromatic nitrogens is 1. The maximum atomic E-state index is 13.8. The van der Waals surface area contributed by atoms with Crippen LogP contribution in [0.5, 0.6) is 0 Å². The Morgan fingerprint density at radius 1 is 0.946 bits per heavy atom. The molecular weight excluding hydrogens is 470 g/mol. The summed E-state index contributed by atoms with van der Waals surface area (Å²) in [6, 6.07) is 18.2. The lowest BCUT2D eigenvalue weighted by atomic mass is 9.97. The van der Waals surface area contributed by atoms with Crippen molar-refractivity contribution < 1.29 is 18.4 Å². The molecule has 1 N–H and O–H groups in total. The number of Topliss-reactive ketones (excluding diaryl/α,β-unsaturated/α-hetero) is 1. The zero-order chi connectivity index (χ0) is 25.9. The Hall–Kier alpha value is -3.93. The first-order valence-electron chi connectivity index (χ1n) is 12.7. The minimum atomic E-state index is -0.309. The smallest absolute Gasteiger partial charge is 0.251 e. The summed E-state index contributed by atoms with van der Waals surface area (Å²) >= 11 is 0. The Kier molecular flexibility index (Phi) is 7.08. The standard InChI is InChI=1S/C31H28F2N2O2/c1-19(36)4-2-3-5-22-16-24-17-23(10-14-28(24)34-30(22)21-7-11-25(32)12-8-21)31(37)35-29-15-9-20-6-13-26(33)18-27(20)29/h6-8,10-14,16-18,29H,2-5,9,15H2,1H3,(H,35,37). The van der Waals surface area contributed by atoms with Gasteiger partial charge < -0.3 is 10.1 Å². The fourth-order valence-corrected chi connectivity index (χ4v) is 5.06. The molecule has 1 unspecified atom stereocenters. The fraction of sp³-hybridized carbons (Fsp3) is 0.258. The molecule has 1 heterocycles. The third kappa shape index (κ3) is 5.58. The van der Waals surface area contributed by atoms with Gasteiger partial charge in [0.2, 0.25) is 0 Å². The van der Waals surface area contributed by atoms with Crippen molar-refractivity contribution in [3.8, 4) is 11.3 Å². The number of hydrogen-bond acceptors (Lipinski definition) is 3. The zero-order valence-corrected chi connectivity index (χ0v) is 20.7. The van der Waals surface area contributed by atoms with Gasteiger partial charge in [-0.3, -0.25) is 4.79 Å². The van der Waals surface area contributed by atoms with E-state index >= 15 is 0 Å². The monoisotopic (exact) mass is 498 g/mol. The summed E-state index contributed by atoms with van der Waals surface area (Å²) in [4.78, 5) is 29.4. The number of unbranched alkanes of at least 4 members (excludes halogenated alkanes) is 1. The van der Waals surface area contributed by atoms with Gasteiger partial charge in [-0.05, 0) is 116 Å². The van der Waals surface area contributed by atoms with Crippen molar-refractivity contribution in [2.45, 2.75) is 51.5 Å². The van der Waals surface area contributed by atoms with Crippen LogP contribution in [0.1, 0.15) is 65.7 Å². The summed E-state index contributed by atoms with van der Waals surface area (Å²) in [5.74, 6) is -0.659. The second kappa shape index (κ2) is 10.6. The summed E-state index contributed by atoms with van der Waals surface area (Å²) in [7, 11) is 0. The Labute approximate surface area is 214 Å². The molecule has 3 aromatic carbocycles. The van der Waals surface area contributed by atoms with Crippen molar-refractivity contribution in [1.82, 2.24) is 10.3 Å². The number of hydrogen-bond donors (Lipinski definition) is 1. The van der Waals surface area contributed by atoms with Gasteiger partial charge in [-0.25, -0.2) is 13.8 Å². The molecule has 0 bridgehead atoms. The van der Waals surface area contributed by atoms with Gasteiger partial charge in [-0.2, -0.15) is 0 Å². The van der Waals surface area contributed by atoms with Crippen LogP contribution in [0, 0.1) is 11.6 Å². The lowest BCUT2D eigenvalue weighted by Gasteiger charge is -2.15. The van der Waals surface area contributed by atoms with Gasteiger partial charge in [0.1, 0.15) is 17.4 Å². The molecule has 6 heteroatoms. The summed E-state index contributed by atoms with van der Waals surface area (Å²) in [6.45, 7) is 1.59. The molecular formula is C31H28F2N2O2. The number of pyridine rings is 1. The molecule has 0 aliphatic heterocycles.